The van der Waals surface area contributed by atoms with Gasteiger partial charge in [0.2, 0.25) is 0 Å². The molecule has 6 rings (SSSR count). The van der Waals surface area contributed by atoms with Crippen LogP contribution < -0.4 is 5.69 Å². The fourth-order valence-corrected chi connectivity index (χ4v) is 5.31. The lowest BCUT2D eigenvalue weighted by atomic mass is 10.1. The largest absolute Gasteiger partial charge is 0.508 e. The molecule has 11 nitrogen and oxygen atoms in total. The Bertz CT molecular complexity index is 1800. The number of aliphatic hydroxyl groups is 1. The number of likely N-dealkylation sites (tertiary alicyclic amines) is 1. The molecule has 0 saturated carbocycles. The average molecular weight is 538 g/mol. The van der Waals surface area contributed by atoms with E-state index in [9.17, 15) is 19.8 Å². The van der Waals surface area contributed by atoms with Crippen LogP contribution in [0.15, 0.2) is 78.5 Å². The van der Waals surface area contributed by atoms with E-state index in [1.807, 2.05) is 36.4 Å². The van der Waals surface area contributed by atoms with E-state index < -0.39 is 5.97 Å². The molecular weight excluding hydrogens is 510 g/mol. The molecule has 0 aliphatic carbocycles. The zero-order valence-corrected chi connectivity index (χ0v) is 21.8. The molecule has 0 unspecified atom stereocenters. The average Bonchev–Trinajstić information content (AvgIpc) is 3.64. The molecule has 11 heteroatoms. The van der Waals surface area contributed by atoms with E-state index in [1.165, 1.54) is 6.20 Å². The lowest BCUT2D eigenvalue weighted by Crippen LogP contribution is -2.29. The Balaban J connectivity index is 1.29. The second kappa shape index (κ2) is 9.93. The van der Waals surface area contributed by atoms with Gasteiger partial charge in [0.05, 0.1) is 41.9 Å². The van der Waals surface area contributed by atoms with Crippen LogP contribution in [0, 0.1) is 0 Å². The summed E-state index contributed by atoms with van der Waals surface area (Å²) in [4.78, 5) is 40.9. The van der Waals surface area contributed by atoms with Crippen molar-refractivity contribution in [1.82, 2.24) is 33.6 Å². The third-order valence-corrected chi connectivity index (χ3v) is 7.43. The van der Waals surface area contributed by atoms with Crippen LogP contribution in [0.5, 0.6) is 0 Å². The highest BCUT2D eigenvalue weighted by Gasteiger charge is 2.30. The van der Waals surface area contributed by atoms with Gasteiger partial charge in [-0.2, -0.15) is 0 Å². The number of rotatable bonds is 7. The van der Waals surface area contributed by atoms with Gasteiger partial charge in [-0.15, -0.1) is 0 Å². The molecular formula is C29H27N7O4. The van der Waals surface area contributed by atoms with E-state index in [4.69, 9.17) is 0 Å². The number of hydrogen-bond donors (Lipinski definition) is 2. The summed E-state index contributed by atoms with van der Waals surface area (Å²) in [6.45, 7) is 5.38. The van der Waals surface area contributed by atoms with Crippen molar-refractivity contribution in [2.75, 3.05) is 13.1 Å². The summed E-state index contributed by atoms with van der Waals surface area (Å²) >= 11 is 0. The van der Waals surface area contributed by atoms with E-state index in [1.54, 1.807) is 45.3 Å². The lowest BCUT2D eigenvalue weighted by Gasteiger charge is -2.16. The molecule has 0 amide bonds. The van der Waals surface area contributed by atoms with Crippen LogP contribution >= 0.6 is 0 Å². The molecule has 1 aliphatic rings. The van der Waals surface area contributed by atoms with E-state index in [0.717, 1.165) is 24.2 Å². The van der Waals surface area contributed by atoms with Crippen molar-refractivity contribution in [2.24, 2.45) is 7.05 Å². The summed E-state index contributed by atoms with van der Waals surface area (Å²) in [6, 6.07) is 14.6. The van der Waals surface area contributed by atoms with Gasteiger partial charge in [-0.25, -0.2) is 19.6 Å². The third-order valence-electron chi connectivity index (χ3n) is 7.43. The maximum absolute atomic E-state index is 13.9. The number of benzene rings is 1. The molecule has 5 heterocycles. The highest BCUT2D eigenvalue weighted by atomic mass is 16.4. The Labute approximate surface area is 228 Å². The van der Waals surface area contributed by atoms with Gasteiger partial charge in [-0.1, -0.05) is 30.8 Å². The first-order valence-electron chi connectivity index (χ1n) is 12.8. The number of carbonyl (C=O) groups is 1. The SMILES string of the molecule is C=C(O)c1ccc(-c2ccc(-n3c(=O)n([C@H]4CCN(Cc5ncc(C(=O)O)n5C)C4)c4ncccc43)cn2)cc1. The standard InChI is InChI=1S/C29H27N7O4/c1-18(37)19-5-7-20(8-6-19)23-10-9-21(14-31-23)35-24-4-3-12-30-27(24)36(29(35)40)22-11-13-34(16-22)17-26-32-15-25(28(38)39)33(26)2/h3-10,12,14-15,22,37H,1,11,13,16-17H2,2H3,(H,38,39)/t22-/m0/s1. The molecule has 1 saturated heterocycles. The lowest BCUT2D eigenvalue weighted by molar-refractivity contribution is 0.0686. The number of aromatic nitrogens is 6. The van der Waals surface area contributed by atoms with Gasteiger partial charge in [-0.3, -0.25) is 19.0 Å². The predicted octanol–water partition coefficient (Wildman–Crippen LogP) is 3.66. The normalized spacial score (nSPS) is 15.6. The van der Waals surface area contributed by atoms with E-state index in [0.29, 0.717) is 41.3 Å². The van der Waals surface area contributed by atoms with Gasteiger partial charge in [0, 0.05) is 37.5 Å². The molecule has 1 fully saturated rings. The van der Waals surface area contributed by atoms with E-state index >= 15 is 0 Å². The minimum atomic E-state index is -1.01. The molecule has 2 N–H and O–H groups in total. The summed E-state index contributed by atoms with van der Waals surface area (Å²) in [7, 11) is 1.70. The van der Waals surface area contributed by atoms with Crippen LogP contribution in [-0.2, 0) is 13.6 Å². The van der Waals surface area contributed by atoms with Gasteiger partial charge >= 0.3 is 11.7 Å². The van der Waals surface area contributed by atoms with Crippen molar-refractivity contribution < 1.29 is 15.0 Å². The molecule has 1 aromatic carbocycles. The second-order valence-electron chi connectivity index (χ2n) is 9.86. The first kappa shape index (κ1) is 25.3. The minimum Gasteiger partial charge on any atom is -0.508 e. The zero-order chi connectivity index (χ0) is 28.0. The number of aromatic carboxylic acids is 1. The van der Waals surface area contributed by atoms with Crippen LogP contribution in [0.25, 0.3) is 33.9 Å². The Kier molecular flexibility index (Phi) is 6.27. The van der Waals surface area contributed by atoms with Crippen molar-refractivity contribution >= 4 is 22.9 Å². The molecule has 0 radical (unpaired) electrons. The second-order valence-corrected chi connectivity index (χ2v) is 9.86. The van der Waals surface area contributed by atoms with Crippen LogP contribution in [0.3, 0.4) is 0 Å². The Morgan fingerprint density at radius 2 is 1.85 bits per heavy atom. The third kappa shape index (κ3) is 4.35. The molecule has 202 valence electrons. The molecule has 0 spiro atoms. The highest BCUT2D eigenvalue weighted by molar-refractivity contribution is 5.85. The summed E-state index contributed by atoms with van der Waals surface area (Å²) in [5, 5.41) is 18.9. The van der Waals surface area contributed by atoms with E-state index in [2.05, 4.69) is 26.4 Å². The van der Waals surface area contributed by atoms with Crippen molar-refractivity contribution in [3.8, 4) is 16.9 Å². The summed E-state index contributed by atoms with van der Waals surface area (Å²) in [5.41, 5.74) is 4.14. The first-order chi connectivity index (χ1) is 19.3. The number of carboxylic acids is 1. The first-order valence-corrected chi connectivity index (χ1v) is 12.8. The van der Waals surface area contributed by atoms with Crippen LogP contribution in [0.2, 0.25) is 0 Å². The topological polar surface area (TPSA) is 131 Å². The Hall–Kier alpha value is -5.03. The monoisotopic (exact) mass is 537 g/mol. The number of aliphatic hydroxyl groups excluding tert-OH is 1. The van der Waals surface area contributed by atoms with Gasteiger partial charge in [-0.05, 0) is 30.7 Å². The Morgan fingerprint density at radius 1 is 1.05 bits per heavy atom. The number of imidazole rings is 2. The molecule has 5 aromatic rings. The smallest absolute Gasteiger partial charge is 0.354 e. The fraction of sp³-hybridized carbons (Fsp3) is 0.207. The number of pyridine rings is 2. The van der Waals surface area contributed by atoms with Crippen molar-refractivity contribution in [3.05, 3.63) is 101 Å². The van der Waals surface area contributed by atoms with Crippen LogP contribution in [-0.4, -0.2) is 62.8 Å². The van der Waals surface area contributed by atoms with Gasteiger partial charge in [0.15, 0.2) is 5.65 Å². The summed E-state index contributed by atoms with van der Waals surface area (Å²) in [6.07, 6.45) is 5.48. The van der Waals surface area contributed by atoms with Gasteiger partial charge in [0.25, 0.3) is 0 Å². The molecule has 0 bridgehead atoms. The molecule has 40 heavy (non-hydrogen) atoms. The fourth-order valence-electron chi connectivity index (χ4n) is 5.31. The number of carboxylic acid groups (broad SMARTS) is 1. The van der Waals surface area contributed by atoms with Gasteiger partial charge < -0.3 is 14.8 Å². The number of hydrogen-bond acceptors (Lipinski definition) is 7. The molecule has 1 atom stereocenters. The van der Waals surface area contributed by atoms with Crippen molar-refractivity contribution in [1.29, 1.82) is 0 Å². The van der Waals surface area contributed by atoms with Gasteiger partial charge in [0.1, 0.15) is 17.3 Å². The maximum Gasteiger partial charge on any atom is 0.354 e. The van der Waals surface area contributed by atoms with Crippen molar-refractivity contribution in [2.45, 2.75) is 19.0 Å². The molecule has 1 aliphatic heterocycles. The Morgan fingerprint density at radius 3 is 2.52 bits per heavy atom. The minimum absolute atomic E-state index is 0.00794. The summed E-state index contributed by atoms with van der Waals surface area (Å²) in [5.74, 6) is -0.346. The maximum atomic E-state index is 13.9. The highest BCUT2D eigenvalue weighted by Crippen LogP contribution is 2.27. The summed E-state index contributed by atoms with van der Waals surface area (Å²) < 4.78 is 4.98. The van der Waals surface area contributed by atoms with Crippen LogP contribution in [0.4, 0.5) is 0 Å². The predicted molar refractivity (Wildman–Crippen MR) is 149 cm³/mol. The number of fused-ring (bicyclic) bond motifs is 1. The van der Waals surface area contributed by atoms with E-state index in [-0.39, 0.29) is 23.2 Å². The molecule has 4 aromatic heterocycles. The van der Waals surface area contributed by atoms with Crippen molar-refractivity contribution in [3.63, 3.8) is 0 Å². The quantitative estimate of drug-likeness (QED) is 0.301. The zero-order valence-electron chi connectivity index (χ0n) is 21.8. The van der Waals surface area contributed by atoms with Crippen LogP contribution in [0.1, 0.15) is 34.3 Å². The number of nitrogens with zero attached hydrogens (tertiary/aromatic N) is 7.